The Kier molecular flexibility index (Phi) is 2.95. The molecule has 0 amide bonds. The molecule has 0 bridgehead atoms. The molecular formula is C14H15F3O3. The molecule has 1 aromatic rings. The number of hydrogen-bond acceptors (Lipinski definition) is 3. The van der Waals surface area contributed by atoms with Gasteiger partial charge in [-0.1, -0.05) is 32.4 Å². The lowest BCUT2D eigenvalue weighted by Gasteiger charge is -2.24. The third-order valence-electron chi connectivity index (χ3n) is 3.33. The summed E-state index contributed by atoms with van der Waals surface area (Å²) < 4.78 is 44.0. The van der Waals surface area contributed by atoms with Gasteiger partial charge in [-0.2, -0.15) is 13.2 Å². The van der Waals surface area contributed by atoms with Gasteiger partial charge in [-0.3, -0.25) is 0 Å². The van der Waals surface area contributed by atoms with Crippen molar-refractivity contribution in [3.8, 4) is 5.75 Å². The van der Waals surface area contributed by atoms with Crippen molar-refractivity contribution in [1.29, 1.82) is 0 Å². The van der Waals surface area contributed by atoms with E-state index in [-0.39, 0.29) is 5.75 Å². The zero-order valence-electron chi connectivity index (χ0n) is 11.6. The SMILES string of the molecule is Cc1cc(C(C)(C)C)c2c(c1)[C@@](O)(C(F)(F)F)C(=O)O2. The number of hydrogen-bond donors (Lipinski definition) is 1. The van der Waals surface area contributed by atoms with Gasteiger partial charge in [-0.15, -0.1) is 0 Å². The molecule has 0 saturated heterocycles. The molecule has 20 heavy (non-hydrogen) atoms. The average molecular weight is 288 g/mol. The Morgan fingerprint density at radius 1 is 1.20 bits per heavy atom. The van der Waals surface area contributed by atoms with Crippen LogP contribution in [0.15, 0.2) is 12.1 Å². The molecule has 0 radical (unpaired) electrons. The maximum Gasteiger partial charge on any atom is 0.432 e. The lowest BCUT2D eigenvalue weighted by atomic mass is 9.82. The van der Waals surface area contributed by atoms with Crippen LogP contribution in [0.2, 0.25) is 0 Å². The molecule has 0 fully saturated rings. The molecule has 110 valence electrons. The fourth-order valence-electron chi connectivity index (χ4n) is 2.25. The summed E-state index contributed by atoms with van der Waals surface area (Å²) in [6, 6.07) is 2.80. The summed E-state index contributed by atoms with van der Waals surface area (Å²) in [6.45, 7) is 6.98. The van der Waals surface area contributed by atoms with Crippen LogP contribution < -0.4 is 4.74 Å². The number of ether oxygens (including phenoxy) is 1. The molecule has 0 unspecified atom stereocenters. The van der Waals surface area contributed by atoms with Crippen molar-refractivity contribution in [2.75, 3.05) is 0 Å². The normalized spacial score (nSPS) is 22.7. The highest BCUT2D eigenvalue weighted by molar-refractivity contribution is 5.90. The molecule has 0 spiro atoms. The predicted octanol–water partition coefficient (Wildman–Crippen LogP) is 2.96. The molecule has 1 aromatic carbocycles. The molecule has 1 atom stereocenters. The van der Waals surface area contributed by atoms with E-state index in [2.05, 4.69) is 0 Å². The van der Waals surface area contributed by atoms with Crippen LogP contribution in [0.1, 0.15) is 37.5 Å². The minimum absolute atomic E-state index is 0.187. The number of aryl methyl sites for hydroxylation is 1. The zero-order valence-corrected chi connectivity index (χ0v) is 11.6. The van der Waals surface area contributed by atoms with Crippen LogP contribution in [0.5, 0.6) is 5.75 Å². The van der Waals surface area contributed by atoms with E-state index in [1.165, 1.54) is 0 Å². The summed E-state index contributed by atoms with van der Waals surface area (Å²) >= 11 is 0. The molecule has 0 aromatic heterocycles. The second-order valence-electron chi connectivity index (χ2n) is 6.04. The standard InChI is InChI=1S/C14H15F3O3/c1-7-5-8(12(2,3)4)10-9(6-7)13(19,11(18)20-10)14(15,16)17/h5-6,19H,1-4H3/t13-/m0/s1. The Morgan fingerprint density at radius 2 is 1.75 bits per heavy atom. The lowest BCUT2D eigenvalue weighted by Crippen LogP contribution is -2.47. The van der Waals surface area contributed by atoms with Gasteiger partial charge in [0.05, 0.1) is 0 Å². The van der Waals surface area contributed by atoms with Gasteiger partial charge < -0.3 is 9.84 Å². The first kappa shape index (κ1) is 14.8. The topological polar surface area (TPSA) is 46.5 Å². The minimum Gasteiger partial charge on any atom is -0.423 e. The van der Waals surface area contributed by atoms with Crippen molar-refractivity contribution >= 4 is 5.97 Å². The maximum atomic E-state index is 13.1. The highest BCUT2D eigenvalue weighted by Crippen LogP contribution is 2.51. The number of esters is 1. The fraction of sp³-hybridized carbons (Fsp3) is 0.500. The van der Waals surface area contributed by atoms with Gasteiger partial charge >= 0.3 is 12.1 Å². The number of benzene rings is 1. The highest BCUT2D eigenvalue weighted by Gasteiger charge is 2.67. The van der Waals surface area contributed by atoms with Gasteiger partial charge in [0.2, 0.25) is 0 Å². The van der Waals surface area contributed by atoms with Crippen molar-refractivity contribution in [3.63, 3.8) is 0 Å². The Labute approximate surface area is 114 Å². The van der Waals surface area contributed by atoms with Gasteiger partial charge in [0.1, 0.15) is 5.75 Å². The predicted molar refractivity (Wildman–Crippen MR) is 65.5 cm³/mol. The van der Waals surface area contributed by atoms with E-state index in [4.69, 9.17) is 4.74 Å². The average Bonchev–Trinajstić information content (AvgIpc) is 2.50. The van der Waals surface area contributed by atoms with E-state index < -0.39 is 28.7 Å². The first-order valence-electron chi connectivity index (χ1n) is 6.06. The number of carbonyl (C=O) groups excluding carboxylic acids is 1. The second kappa shape index (κ2) is 3.97. The van der Waals surface area contributed by atoms with Crippen molar-refractivity contribution < 1.29 is 27.8 Å². The first-order chi connectivity index (χ1) is 8.89. The Bertz CT molecular complexity index is 585. The summed E-state index contributed by atoms with van der Waals surface area (Å²) in [7, 11) is 0. The van der Waals surface area contributed by atoms with Crippen LogP contribution in [-0.2, 0) is 15.8 Å². The zero-order chi connectivity index (χ0) is 15.5. The van der Waals surface area contributed by atoms with Crippen LogP contribution >= 0.6 is 0 Å². The van der Waals surface area contributed by atoms with E-state index in [0.29, 0.717) is 11.1 Å². The number of alkyl halides is 3. The van der Waals surface area contributed by atoms with Gasteiger partial charge in [0, 0.05) is 11.1 Å². The Balaban J connectivity index is 2.79. The smallest absolute Gasteiger partial charge is 0.423 e. The van der Waals surface area contributed by atoms with Gasteiger partial charge in [-0.25, -0.2) is 4.79 Å². The molecule has 1 heterocycles. The number of fused-ring (bicyclic) bond motifs is 1. The molecule has 1 aliphatic heterocycles. The number of aliphatic hydroxyl groups is 1. The summed E-state index contributed by atoms with van der Waals surface area (Å²) in [6.07, 6.45) is -5.13. The van der Waals surface area contributed by atoms with Crippen LogP contribution in [0.25, 0.3) is 0 Å². The molecule has 3 nitrogen and oxygen atoms in total. The van der Waals surface area contributed by atoms with Crippen LogP contribution in [0, 0.1) is 6.92 Å². The van der Waals surface area contributed by atoms with Crippen molar-refractivity contribution in [2.24, 2.45) is 0 Å². The summed E-state index contributed by atoms with van der Waals surface area (Å²) in [5.41, 5.74) is -3.66. The Morgan fingerprint density at radius 3 is 2.20 bits per heavy atom. The maximum absolute atomic E-state index is 13.1. The molecule has 2 rings (SSSR count). The van der Waals surface area contributed by atoms with Crippen molar-refractivity contribution in [1.82, 2.24) is 0 Å². The summed E-state index contributed by atoms with van der Waals surface area (Å²) in [5.74, 6) is -1.89. The summed E-state index contributed by atoms with van der Waals surface area (Å²) in [5, 5.41) is 9.86. The van der Waals surface area contributed by atoms with Crippen LogP contribution in [-0.4, -0.2) is 17.3 Å². The van der Waals surface area contributed by atoms with Crippen molar-refractivity contribution in [2.45, 2.75) is 44.9 Å². The summed E-state index contributed by atoms with van der Waals surface area (Å²) in [4.78, 5) is 11.6. The van der Waals surface area contributed by atoms with E-state index in [1.807, 2.05) is 0 Å². The number of rotatable bonds is 0. The molecule has 0 aliphatic carbocycles. The monoisotopic (exact) mass is 288 g/mol. The van der Waals surface area contributed by atoms with E-state index in [0.717, 1.165) is 6.07 Å². The molecule has 1 aliphatic rings. The highest BCUT2D eigenvalue weighted by atomic mass is 19.4. The van der Waals surface area contributed by atoms with Gasteiger partial charge in [0.25, 0.3) is 5.60 Å². The lowest BCUT2D eigenvalue weighted by molar-refractivity contribution is -0.258. The van der Waals surface area contributed by atoms with Crippen LogP contribution in [0.3, 0.4) is 0 Å². The number of halogens is 3. The molecular weight excluding hydrogens is 273 g/mol. The number of carbonyl (C=O) groups is 1. The largest absolute Gasteiger partial charge is 0.432 e. The first-order valence-corrected chi connectivity index (χ1v) is 6.06. The van der Waals surface area contributed by atoms with E-state index >= 15 is 0 Å². The van der Waals surface area contributed by atoms with Gasteiger partial charge in [0.15, 0.2) is 0 Å². The molecule has 1 N–H and O–H groups in total. The van der Waals surface area contributed by atoms with E-state index in [1.54, 1.807) is 33.8 Å². The molecule has 6 heteroatoms. The fourth-order valence-corrected chi connectivity index (χ4v) is 2.25. The Hall–Kier alpha value is -1.56. The van der Waals surface area contributed by atoms with Crippen molar-refractivity contribution in [3.05, 3.63) is 28.8 Å². The van der Waals surface area contributed by atoms with Crippen LogP contribution in [0.4, 0.5) is 13.2 Å². The third kappa shape index (κ3) is 1.90. The van der Waals surface area contributed by atoms with Gasteiger partial charge in [-0.05, 0) is 18.4 Å². The van der Waals surface area contributed by atoms with E-state index in [9.17, 15) is 23.1 Å². The third-order valence-corrected chi connectivity index (χ3v) is 3.33. The quantitative estimate of drug-likeness (QED) is 0.590. The molecule has 0 saturated carbocycles. The second-order valence-corrected chi connectivity index (χ2v) is 6.04. The minimum atomic E-state index is -5.13.